The monoisotopic (exact) mass is 320 g/mol. The summed E-state index contributed by atoms with van der Waals surface area (Å²) in [6, 6.07) is 12.5. The second kappa shape index (κ2) is 5.89. The molecule has 19 heavy (non-hydrogen) atoms. The molecule has 0 aliphatic heterocycles. The van der Waals surface area contributed by atoms with Gasteiger partial charge in [0, 0.05) is 10.0 Å². The van der Waals surface area contributed by atoms with Gasteiger partial charge < -0.3 is 9.47 Å². The van der Waals surface area contributed by atoms with Gasteiger partial charge in [0.1, 0.15) is 17.1 Å². The van der Waals surface area contributed by atoms with Crippen LogP contribution in [0, 0.1) is 0 Å². The van der Waals surface area contributed by atoms with Gasteiger partial charge in [0.05, 0.1) is 14.2 Å². The predicted molar refractivity (Wildman–Crippen MR) is 77.1 cm³/mol. The van der Waals surface area contributed by atoms with Crippen LogP contribution in [-0.4, -0.2) is 20.0 Å². The van der Waals surface area contributed by atoms with Crippen LogP contribution in [0.2, 0.25) is 0 Å². The van der Waals surface area contributed by atoms with Gasteiger partial charge in [-0.05, 0) is 36.4 Å². The van der Waals surface area contributed by atoms with Crippen LogP contribution in [0.5, 0.6) is 11.5 Å². The first kappa shape index (κ1) is 13.6. The Morgan fingerprint density at radius 3 is 1.95 bits per heavy atom. The first-order valence-corrected chi connectivity index (χ1v) is 6.48. The fourth-order valence-electron chi connectivity index (χ4n) is 1.82. The van der Waals surface area contributed by atoms with Crippen LogP contribution in [0.1, 0.15) is 15.9 Å². The zero-order valence-corrected chi connectivity index (χ0v) is 12.2. The van der Waals surface area contributed by atoms with E-state index in [2.05, 4.69) is 15.9 Å². The number of rotatable bonds is 4. The summed E-state index contributed by atoms with van der Waals surface area (Å²) in [5, 5.41) is 0. The third kappa shape index (κ3) is 2.79. The molecule has 0 radical (unpaired) electrons. The van der Waals surface area contributed by atoms with Gasteiger partial charge in [-0.15, -0.1) is 0 Å². The van der Waals surface area contributed by atoms with Crippen LogP contribution in [0.4, 0.5) is 0 Å². The van der Waals surface area contributed by atoms with Gasteiger partial charge in [-0.2, -0.15) is 0 Å². The number of carbonyl (C=O) groups is 1. The van der Waals surface area contributed by atoms with Crippen LogP contribution in [0.25, 0.3) is 0 Å². The van der Waals surface area contributed by atoms with Crippen molar-refractivity contribution in [2.24, 2.45) is 0 Å². The minimum absolute atomic E-state index is 0.123. The van der Waals surface area contributed by atoms with Crippen molar-refractivity contribution in [2.45, 2.75) is 0 Å². The van der Waals surface area contributed by atoms with Crippen molar-refractivity contribution in [3.05, 3.63) is 58.1 Å². The van der Waals surface area contributed by atoms with E-state index in [1.165, 1.54) is 14.2 Å². The molecule has 0 atom stereocenters. The first-order chi connectivity index (χ1) is 9.17. The highest BCUT2D eigenvalue weighted by atomic mass is 79.9. The topological polar surface area (TPSA) is 35.5 Å². The van der Waals surface area contributed by atoms with E-state index in [4.69, 9.17) is 9.47 Å². The SMILES string of the molecule is COc1cccc(OC)c1C(=O)c1ccc(Br)cc1. The molecule has 0 saturated heterocycles. The van der Waals surface area contributed by atoms with Gasteiger partial charge >= 0.3 is 0 Å². The predicted octanol–water partition coefficient (Wildman–Crippen LogP) is 3.70. The highest BCUT2D eigenvalue weighted by molar-refractivity contribution is 9.10. The highest BCUT2D eigenvalue weighted by Gasteiger charge is 2.19. The van der Waals surface area contributed by atoms with Gasteiger partial charge in [0.15, 0.2) is 0 Å². The Morgan fingerprint density at radius 2 is 1.47 bits per heavy atom. The van der Waals surface area contributed by atoms with Crippen molar-refractivity contribution in [1.29, 1.82) is 0 Å². The summed E-state index contributed by atoms with van der Waals surface area (Å²) in [4.78, 5) is 12.5. The molecule has 0 N–H and O–H groups in total. The molecule has 0 amide bonds. The fraction of sp³-hybridized carbons (Fsp3) is 0.133. The van der Waals surface area contributed by atoms with Gasteiger partial charge in [0.2, 0.25) is 5.78 Å². The zero-order valence-electron chi connectivity index (χ0n) is 10.6. The number of hydrogen-bond acceptors (Lipinski definition) is 3. The number of hydrogen-bond donors (Lipinski definition) is 0. The molecular weight excluding hydrogens is 308 g/mol. The molecule has 0 aliphatic rings. The summed E-state index contributed by atoms with van der Waals surface area (Å²) < 4.78 is 11.4. The number of benzene rings is 2. The Kier molecular flexibility index (Phi) is 4.22. The van der Waals surface area contributed by atoms with Crippen molar-refractivity contribution in [3.63, 3.8) is 0 Å². The second-order valence-electron chi connectivity index (χ2n) is 3.87. The molecule has 0 fully saturated rings. The lowest BCUT2D eigenvalue weighted by Gasteiger charge is -2.12. The van der Waals surface area contributed by atoms with E-state index < -0.39 is 0 Å². The fourth-order valence-corrected chi connectivity index (χ4v) is 2.08. The molecule has 0 aliphatic carbocycles. The van der Waals surface area contributed by atoms with Crippen LogP contribution >= 0.6 is 15.9 Å². The maximum absolute atomic E-state index is 12.5. The molecule has 4 heteroatoms. The molecular formula is C15H13BrO3. The third-order valence-electron chi connectivity index (χ3n) is 2.76. The van der Waals surface area contributed by atoms with Gasteiger partial charge in [-0.1, -0.05) is 22.0 Å². The lowest BCUT2D eigenvalue weighted by molar-refractivity contribution is 0.103. The number of halogens is 1. The quantitative estimate of drug-likeness (QED) is 0.806. The Balaban J connectivity index is 2.51. The lowest BCUT2D eigenvalue weighted by Crippen LogP contribution is -2.06. The molecule has 2 aromatic rings. The molecule has 0 bridgehead atoms. The van der Waals surface area contributed by atoms with Crippen LogP contribution in [0.3, 0.4) is 0 Å². The maximum atomic E-state index is 12.5. The summed E-state index contributed by atoms with van der Waals surface area (Å²) >= 11 is 3.35. The lowest BCUT2D eigenvalue weighted by atomic mass is 10.0. The molecule has 98 valence electrons. The van der Waals surface area contributed by atoms with Crippen LogP contribution in [-0.2, 0) is 0 Å². The normalized spacial score (nSPS) is 10.1. The molecule has 0 aromatic heterocycles. The molecule has 0 saturated carbocycles. The van der Waals surface area contributed by atoms with Crippen molar-refractivity contribution in [3.8, 4) is 11.5 Å². The van der Waals surface area contributed by atoms with E-state index in [1.807, 2.05) is 12.1 Å². The van der Waals surface area contributed by atoms with E-state index in [-0.39, 0.29) is 5.78 Å². The molecule has 0 spiro atoms. The van der Waals surface area contributed by atoms with Crippen LogP contribution < -0.4 is 9.47 Å². The van der Waals surface area contributed by atoms with Crippen LogP contribution in [0.15, 0.2) is 46.9 Å². The Morgan fingerprint density at radius 1 is 0.947 bits per heavy atom. The second-order valence-corrected chi connectivity index (χ2v) is 4.79. The zero-order chi connectivity index (χ0) is 13.8. The number of ether oxygens (including phenoxy) is 2. The molecule has 2 aromatic carbocycles. The highest BCUT2D eigenvalue weighted by Crippen LogP contribution is 2.30. The van der Waals surface area contributed by atoms with Crippen molar-refractivity contribution in [1.82, 2.24) is 0 Å². The summed E-state index contributed by atoms with van der Waals surface area (Å²) in [5.41, 5.74) is 1.03. The smallest absolute Gasteiger partial charge is 0.200 e. The Hall–Kier alpha value is -1.81. The van der Waals surface area contributed by atoms with Gasteiger partial charge in [0.25, 0.3) is 0 Å². The Bertz CT molecular complexity index is 569. The minimum Gasteiger partial charge on any atom is -0.496 e. The third-order valence-corrected chi connectivity index (χ3v) is 3.29. The summed E-state index contributed by atoms with van der Waals surface area (Å²) in [5.74, 6) is 0.890. The standard InChI is InChI=1S/C15H13BrO3/c1-18-12-4-3-5-13(19-2)14(12)15(17)10-6-8-11(16)9-7-10/h3-9H,1-2H3. The number of methoxy groups -OCH3 is 2. The molecule has 0 unspecified atom stereocenters. The van der Waals surface area contributed by atoms with Gasteiger partial charge in [-0.3, -0.25) is 4.79 Å². The van der Waals surface area contributed by atoms with E-state index in [1.54, 1.807) is 30.3 Å². The summed E-state index contributed by atoms with van der Waals surface area (Å²) in [6.45, 7) is 0. The van der Waals surface area contributed by atoms with E-state index in [0.29, 0.717) is 22.6 Å². The average Bonchev–Trinajstić information content (AvgIpc) is 2.46. The van der Waals surface area contributed by atoms with Crippen molar-refractivity contribution in [2.75, 3.05) is 14.2 Å². The van der Waals surface area contributed by atoms with Crippen molar-refractivity contribution < 1.29 is 14.3 Å². The average molecular weight is 321 g/mol. The minimum atomic E-state index is -0.123. The van der Waals surface area contributed by atoms with Crippen molar-refractivity contribution >= 4 is 21.7 Å². The molecule has 0 heterocycles. The largest absolute Gasteiger partial charge is 0.496 e. The number of ketones is 1. The van der Waals surface area contributed by atoms with E-state index >= 15 is 0 Å². The molecule has 3 nitrogen and oxygen atoms in total. The van der Waals surface area contributed by atoms with E-state index in [9.17, 15) is 4.79 Å². The summed E-state index contributed by atoms with van der Waals surface area (Å²) in [6.07, 6.45) is 0. The molecule has 2 rings (SSSR count). The van der Waals surface area contributed by atoms with E-state index in [0.717, 1.165) is 4.47 Å². The number of carbonyl (C=O) groups excluding carboxylic acids is 1. The summed E-state index contributed by atoms with van der Waals surface area (Å²) in [7, 11) is 3.07. The Labute approximate surface area is 120 Å². The van der Waals surface area contributed by atoms with Gasteiger partial charge in [-0.25, -0.2) is 0 Å². The maximum Gasteiger partial charge on any atom is 0.200 e. The first-order valence-electron chi connectivity index (χ1n) is 5.68.